The Morgan fingerprint density at radius 3 is 2.48 bits per heavy atom. The lowest BCUT2D eigenvalue weighted by molar-refractivity contribution is -0.207. The molecule has 2 aromatic heterocycles. The molecular weight excluding hydrogens is 305 g/mol. The molecular formula is C13H11F3N2O2S. The lowest BCUT2D eigenvalue weighted by Gasteiger charge is -2.18. The van der Waals surface area contributed by atoms with Crippen LogP contribution in [0.1, 0.15) is 32.9 Å². The van der Waals surface area contributed by atoms with E-state index in [2.05, 4.69) is 14.7 Å². The molecule has 0 aliphatic heterocycles. The van der Waals surface area contributed by atoms with Crippen LogP contribution in [0, 0.1) is 13.8 Å². The third-order valence-corrected chi connectivity index (χ3v) is 3.54. The van der Waals surface area contributed by atoms with Gasteiger partial charge in [0.05, 0.1) is 5.56 Å². The van der Waals surface area contributed by atoms with E-state index in [9.17, 15) is 18.0 Å². The predicted molar refractivity (Wildman–Crippen MR) is 70.0 cm³/mol. The average Bonchev–Trinajstić information content (AvgIpc) is 2.81. The number of nitrogens with zero attached hydrogens (tertiary/aromatic N) is 2. The Hall–Kier alpha value is -1.96. The van der Waals surface area contributed by atoms with E-state index >= 15 is 0 Å². The summed E-state index contributed by atoms with van der Waals surface area (Å²) in [5.74, 6) is -1.09. The molecule has 0 fully saturated rings. The zero-order valence-electron chi connectivity index (χ0n) is 11.1. The van der Waals surface area contributed by atoms with E-state index in [4.69, 9.17) is 0 Å². The van der Waals surface area contributed by atoms with Crippen LogP contribution in [-0.4, -0.2) is 22.1 Å². The van der Waals surface area contributed by atoms with Gasteiger partial charge in [-0.15, -0.1) is 11.3 Å². The van der Waals surface area contributed by atoms with Crippen molar-refractivity contribution in [2.45, 2.75) is 26.1 Å². The number of halogens is 3. The quantitative estimate of drug-likeness (QED) is 0.812. The van der Waals surface area contributed by atoms with Gasteiger partial charge in [-0.1, -0.05) is 0 Å². The number of thiazole rings is 1. The molecule has 0 bridgehead atoms. The van der Waals surface area contributed by atoms with Crippen molar-refractivity contribution in [3.63, 3.8) is 0 Å². The van der Waals surface area contributed by atoms with Crippen LogP contribution >= 0.6 is 11.3 Å². The molecule has 0 radical (unpaired) electrons. The molecule has 0 saturated carbocycles. The second-order valence-electron chi connectivity index (χ2n) is 4.34. The van der Waals surface area contributed by atoms with Crippen LogP contribution in [0.3, 0.4) is 0 Å². The molecule has 0 spiro atoms. The number of aromatic nitrogens is 2. The van der Waals surface area contributed by atoms with Gasteiger partial charge in [-0.3, -0.25) is 4.98 Å². The van der Waals surface area contributed by atoms with Gasteiger partial charge in [-0.05, 0) is 26.0 Å². The van der Waals surface area contributed by atoms with Crippen molar-refractivity contribution >= 4 is 17.3 Å². The molecule has 0 aliphatic rings. The standard InChI is InChI=1S/C13H11F3N2O2S/c1-7-3-4-9(5-17-7)12(19)20-10(13(14,15)16)11-18-8(2)6-21-11/h3-6,10H,1-2H3/t10-/m1/s1. The van der Waals surface area contributed by atoms with Crippen LogP contribution in [0.5, 0.6) is 0 Å². The fourth-order valence-corrected chi connectivity index (χ4v) is 2.36. The number of carbonyl (C=O) groups is 1. The highest BCUT2D eigenvalue weighted by atomic mass is 32.1. The van der Waals surface area contributed by atoms with Gasteiger partial charge in [0.2, 0.25) is 6.10 Å². The smallest absolute Gasteiger partial charge is 0.432 e. The highest BCUT2D eigenvalue weighted by Gasteiger charge is 2.46. The summed E-state index contributed by atoms with van der Waals surface area (Å²) in [6.07, 6.45) is -5.92. The Labute approximate surface area is 122 Å². The van der Waals surface area contributed by atoms with E-state index in [1.54, 1.807) is 13.8 Å². The summed E-state index contributed by atoms with van der Waals surface area (Å²) >= 11 is 0.800. The molecule has 0 saturated heterocycles. The van der Waals surface area contributed by atoms with Crippen LogP contribution in [-0.2, 0) is 4.74 Å². The molecule has 0 unspecified atom stereocenters. The fraction of sp³-hybridized carbons (Fsp3) is 0.308. The predicted octanol–water partition coefficient (Wildman–Crippen LogP) is 3.62. The maximum absolute atomic E-state index is 13.0. The Morgan fingerprint density at radius 2 is 2.00 bits per heavy atom. The van der Waals surface area contributed by atoms with Gasteiger partial charge in [0.15, 0.2) is 0 Å². The molecule has 0 aliphatic carbocycles. The van der Waals surface area contributed by atoms with Crippen molar-refractivity contribution in [1.29, 1.82) is 0 Å². The first-order valence-electron chi connectivity index (χ1n) is 5.90. The Kier molecular flexibility index (Phi) is 4.26. The number of ether oxygens (including phenoxy) is 1. The van der Waals surface area contributed by atoms with Crippen LogP contribution in [0.15, 0.2) is 23.7 Å². The summed E-state index contributed by atoms with van der Waals surface area (Å²) in [7, 11) is 0. The van der Waals surface area contributed by atoms with Gasteiger partial charge in [-0.2, -0.15) is 13.2 Å². The van der Waals surface area contributed by atoms with Crippen molar-refractivity contribution in [3.05, 3.63) is 45.7 Å². The highest BCUT2D eigenvalue weighted by Crippen LogP contribution is 2.37. The van der Waals surface area contributed by atoms with Crippen LogP contribution in [0.4, 0.5) is 13.2 Å². The van der Waals surface area contributed by atoms with E-state index in [1.165, 1.54) is 23.7 Å². The minimum Gasteiger partial charge on any atom is -0.441 e. The van der Waals surface area contributed by atoms with Crippen molar-refractivity contribution in [2.75, 3.05) is 0 Å². The molecule has 0 amide bonds. The lowest BCUT2D eigenvalue weighted by atomic mass is 10.2. The highest BCUT2D eigenvalue weighted by molar-refractivity contribution is 7.09. The minimum atomic E-state index is -4.72. The molecule has 1 atom stereocenters. The van der Waals surface area contributed by atoms with Gasteiger partial charge in [0.25, 0.3) is 0 Å². The van der Waals surface area contributed by atoms with Crippen molar-refractivity contribution in [2.24, 2.45) is 0 Å². The zero-order valence-corrected chi connectivity index (χ0v) is 12.0. The summed E-state index contributed by atoms with van der Waals surface area (Å²) in [6, 6.07) is 2.89. The number of hydrogen-bond acceptors (Lipinski definition) is 5. The molecule has 0 N–H and O–H groups in total. The second kappa shape index (κ2) is 5.80. The van der Waals surface area contributed by atoms with E-state index in [-0.39, 0.29) is 10.6 Å². The average molecular weight is 316 g/mol. The monoisotopic (exact) mass is 316 g/mol. The maximum atomic E-state index is 13.0. The third kappa shape index (κ3) is 3.78. The van der Waals surface area contributed by atoms with Crippen LogP contribution in [0.2, 0.25) is 0 Å². The van der Waals surface area contributed by atoms with Gasteiger partial charge < -0.3 is 4.74 Å². The molecule has 8 heteroatoms. The maximum Gasteiger partial charge on any atom is 0.432 e. The lowest BCUT2D eigenvalue weighted by Crippen LogP contribution is -2.26. The van der Waals surface area contributed by atoms with Gasteiger partial charge in [0.1, 0.15) is 5.01 Å². The van der Waals surface area contributed by atoms with Gasteiger partial charge in [0, 0.05) is 23.0 Å². The molecule has 0 aromatic carbocycles. The number of pyridine rings is 1. The molecule has 2 rings (SSSR count). The van der Waals surface area contributed by atoms with E-state index in [0.717, 1.165) is 11.3 Å². The van der Waals surface area contributed by atoms with Crippen molar-refractivity contribution < 1.29 is 22.7 Å². The molecule has 2 heterocycles. The number of hydrogen-bond donors (Lipinski definition) is 0. The minimum absolute atomic E-state index is 0.0388. The SMILES string of the molecule is Cc1ccc(C(=O)O[C@H](c2nc(C)cs2)C(F)(F)F)cn1. The largest absolute Gasteiger partial charge is 0.441 e. The first-order chi connectivity index (χ1) is 9.77. The topological polar surface area (TPSA) is 52.1 Å². The third-order valence-electron chi connectivity index (χ3n) is 2.53. The number of aryl methyl sites for hydroxylation is 2. The summed E-state index contributed by atoms with van der Waals surface area (Å²) < 4.78 is 43.7. The van der Waals surface area contributed by atoms with Crippen LogP contribution in [0.25, 0.3) is 0 Å². The normalized spacial score (nSPS) is 13.0. The van der Waals surface area contributed by atoms with Crippen molar-refractivity contribution in [1.82, 2.24) is 9.97 Å². The Morgan fingerprint density at radius 1 is 1.29 bits per heavy atom. The molecule has 4 nitrogen and oxygen atoms in total. The summed E-state index contributed by atoms with van der Waals surface area (Å²) in [5.41, 5.74) is 1.05. The molecule has 2 aromatic rings. The van der Waals surface area contributed by atoms with E-state index in [1.807, 2.05) is 0 Å². The molecule has 21 heavy (non-hydrogen) atoms. The number of alkyl halides is 3. The van der Waals surface area contributed by atoms with E-state index < -0.39 is 18.2 Å². The summed E-state index contributed by atoms with van der Waals surface area (Å²) in [4.78, 5) is 19.4. The number of carbonyl (C=O) groups excluding carboxylic acids is 1. The number of rotatable bonds is 3. The van der Waals surface area contributed by atoms with E-state index in [0.29, 0.717) is 11.4 Å². The Balaban J connectivity index is 2.23. The Bertz CT molecular complexity index is 638. The van der Waals surface area contributed by atoms with Gasteiger partial charge in [-0.25, -0.2) is 9.78 Å². The number of esters is 1. The summed E-state index contributed by atoms with van der Waals surface area (Å²) in [5, 5.41) is 1.17. The second-order valence-corrected chi connectivity index (χ2v) is 5.23. The summed E-state index contributed by atoms with van der Waals surface area (Å²) in [6.45, 7) is 3.27. The first kappa shape index (κ1) is 15.4. The van der Waals surface area contributed by atoms with Crippen molar-refractivity contribution in [3.8, 4) is 0 Å². The zero-order chi connectivity index (χ0) is 15.6. The van der Waals surface area contributed by atoms with Crippen LogP contribution < -0.4 is 0 Å². The van der Waals surface area contributed by atoms with Gasteiger partial charge >= 0.3 is 12.1 Å². The molecule has 112 valence electrons. The first-order valence-corrected chi connectivity index (χ1v) is 6.77. The fourth-order valence-electron chi connectivity index (χ4n) is 1.51.